The summed E-state index contributed by atoms with van der Waals surface area (Å²) in [4.78, 5) is 2.36. The van der Waals surface area contributed by atoms with E-state index in [4.69, 9.17) is 4.42 Å². The predicted molar refractivity (Wildman–Crippen MR) is 202 cm³/mol. The molecule has 8 aromatic carbocycles. The zero-order valence-corrected chi connectivity index (χ0v) is 26.6. The highest BCUT2D eigenvalue weighted by Gasteiger charge is 2.51. The smallest absolute Gasteiger partial charge is 0.159 e. The van der Waals surface area contributed by atoms with Gasteiger partial charge in [-0.15, -0.1) is 0 Å². The summed E-state index contributed by atoms with van der Waals surface area (Å²) >= 11 is 0. The Bertz CT molecular complexity index is 2740. The van der Waals surface area contributed by atoms with E-state index in [-0.39, 0.29) is 5.41 Å². The van der Waals surface area contributed by atoms with E-state index in [9.17, 15) is 0 Å². The molecule has 2 nitrogen and oxygen atoms in total. The quantitative estimate of drug-likeness (QED) is 0.195. The molecule has 0 atom stereocenters. The Labute approximate surface area is 284 Å². The zero-order chi connectivity index (χ0) is 32.1. The van der Waals surface area contributed by atoms with Crippen molar-refractivity contribution in [2.45, 2.75) is 5.41 Å². The van der Waals surface area contributed by atoms with Gasteiger partial charge in [0.25, 0.3) is 0 Å². The van der Waals surface area contributed by atoms with Crippen LogP contribution in [-0.2, 0) is 5.41 Å². The summed E-state index contributed by atoms with van der Waals surface area (Å²) in [7, 11) is 0. The molecule has 9 aromatic rings. The lowest BCUT2D eigenvalue weighted by Crippen LogP contribution is -2.25. The summed E-state index contributed by atoms with van der Waals surface area (Å²) < 4.78 is 6.78. The minimum atomic E-state index is -0.366. The molecule has 228 valence electrons. The van der Waals surface area contributed by atoms with Crippen molar-refractivity contribution in [1.29, 1.82) is 0 Å². The number of nitrogens with zero attached hydrogens (tertiary/aromatic N) is 1. The van der Waals surface area contributed by atoms with Gasteiger partial charge < -0.3 is 9.32 Å². The van der Waals surface area contributed by atoms with Crippen LogP contribution in [0, 0.1) is 0 Å². The number of hydrogen-bond acceptors (Lipinski definition) is 2. The molecule has 49 heavy (non-hydrogen) atoms. The van der Waals surface area contributed by atoms with Gasteiger partial charge in [0.1, 0.15) is 5.58 Å². The second kappa shape index (κ2) is 9.82. The van der Waals surface area contributed by atoms with Gasteiger partial charge in [-0.2, -0.15) is 0 Å². The largest absolute Gasteiger partial charge is 0.454 e. The Morgan fingerprint density at radius 2 is 1.00 bits per heavy atom. The van der Waals surface area contributed by atoms with E-state index in [0.29, 0.717) is 0 Å². The van der Waals surface area contributed by atoms with E-state index in [1.54, 1.807) is 0 Å². The molecule has 0 saturated carbocycles. The summed E-state index contributed by atoms with van der Waals surface area (Å²) in [6, 6.07) is 64.1. The van der Waals surface area contributed by atoms with Crippen molar-refractivity contribution in [1.82, 2.24) is 0 Å². The highest BCUT2D eigenvalue weighted by Crippen LogP contribution is 2.63. The Kier molecular flexibility index (Phi) is 5.34. The molecule has 0 saturated heterocycles. The average molecular weight is 624 g/mol. The molecule has 1 heterocycles. The van der Waals surface area contributed by atoms with Crippen molar-refractivity contribution in [3.05, 3.63) is 198 Å². The molecular weight excluding hydrogens is 595 g/mol. The molecule has 0 amide bonds. The van der Waals surface area contributed by atoms with E-state index in [0.717, 1.165) is 39.0 Å². The summed E-state index contributed by atoms with van der Waals surface area (Å²) in [6.07, 6.45) is 0. The van der Waals surface area contributed by atoms with Crippen LogP contribution in [-0.4, -0.2) is 0 Å². The summed E-state index contributed by atoms with van der Waals surface area (Å²) in [5, 5.41) is 4.70. The Morgan fingerprint density at radius 3 is 1.73 bits per heavy atom. The predicted octanol–water partition coefficient (Wildman–Crippen LogP) is 12.6. The number of anilines is 3. The fourth-order valence-electron chi connectivity index (χ4n) is 8.96. The number of fused-ring (bicyclic) bond motifs is 15. The van der Waals surface area contributed by atoms with Crippen LogP contribution in [0.15, 0.2) is 180 Å². The second-order valence-electron chi connectivity index (χ2n) is 13.2. The first-order valence-electron chi connectivity index (χ1n) is 16.9. The van der Waals surface area contributed by atoms with E-state index in [2.05, 4.69) is 181 Å². The van der Waals surface area contributed by atoms with Gasteiger partial charge >= 0.3 is 0 Å². The van der Waals surface area contributed by atoms with E-state index in [1.807, 2.05) is 0 Å². The molecule has 2 aliphatic carbocycles. The fraction of sp³-hybridized carbons (Fsp3) is 0.0213. The Balaban J connectivity index is 1.19. The maximum atomic E-state index is 6.78. The van der Waals surface area contributed by atoms with Gasteiger partial charge in [0.2, 0.25) is 0 Å². The topological polar surface area (TPSA) is 16.4 Å². The van der Waals surface area contributed by atoms with Crippen LogP contribution < -0.4 is 4.90 Å². The minimum Gasteiger partial charge on any atom is -0.454 e. The Morgan fingerprint density at radius 1 is 0.408 bits per heavy atom. The van der Waals surface area contributed by atoms with Crippen LogP contribution in [0.5, 0.6) is 0 Å². The summed E-state index contributed by atoms with van der Waals surface area (Å²) in [5.74, 6) is 0. The number of furan rings is 1. The van der Waals surface area contributed by atoms with Gasteiger partial charge in [-0.05, 0) is 91.7 Å². The van der Waals surface area contributed by atoms with Crippen molar-refractivity contribution >= 4 is 49.8 Å². The number of rotatable bonds is 3. The standard InChI is InChI=1S/C47H29NO/c1-2-14-31(15-3-1)48(43-24-12-20-37-45-33-16-5-4-13-30(33)25-28-44(45)49-46(37)43)32-26-27-42-38(29-32)36-19-8-11-23-41(36)47(42)39-21-9-6-17-34(39)35-18-7-10-22-40(35)47/h1-29H. The van der Waals surface area contributed by atoms with Gasteiger partial charge in [-0.1, -0.05) is 140 Å². The molecular formula is C47H29NO. The third-order valence-electron chi connectivity index (χ3n) is 10.9. The molecule has 11 rings (SSSR count). The number of hydrogen-bond donors (Lipinski definition) is 0. The molecule has 0 bridgehead atoms. The summed E-state index contributed by atoms with van der Waals surface area (Å²) in [6.45, 7) is 0. The minimum absolute atomic E-state index is 0.366. The van der Waals surface area contributed by atoms with Crippen LogP contribution in [0.2, 0.25) is 0 Å². The van der Waals surface area contributed by atoms with Crippen LogP contribution in [0.1, 0.15) is 22.3 Å². The second-order valence-corrected chi connectivity index (χ2v) is 13.2. The Hall–Kier alpha value is -6.38. The molecule has 0 N–H and O–H groups in total. The maximum absolute atomic E-state index is 6.78. The molecule has 0 fully saturated rings. The molecule has 0 radical (unpaired) electrons. The van der Waals surface area contributed by atoms with Crippen molar-refractivity contribution < 1.29 is 4.42 Å². The number of para-hydroxylation sites is 2. The number of benzene rings is 8. The monoisotopic (exact) mass is 623 g/mol. The third-order valence-corrected chi connectivity index (χ3v) is 10.9. The van der Waals surface area contributed by atoms with Crippen LogP contribution in [0.4, 0.5) is 17.1 Å². The van der Waals surface area contributed by atoms with E-state index < -0.39 is 0 Å². The first-order valence-corrected chi connectivity index (χ1v) is 16.9. The molecule has 0 aliphatic heterocycles. The van der Waals surface area contributed by atoms with Crippen LogP contribution in [0.3, 0.4) is 0 Å². The highest BCUT2D eigenvalue weighted by atomic mass is 16.3. The van der Waals surface area contributed by atoms with Crippen molar-refractivity contribution in [2.75, 3.05) is 4.90 Å². The molecule has 2 heteroatoms. The SMILES string of the molecule is c1ccc(N(c2ccc3c(c2)-c2ccccc2C32c3ccccc3-c3ccccc32)c2cccc3c2oc2ccc4ccccc4c23)cc1. The summed E-state index contributed by atoms with van der Waals surface area (Å²) in [5.41, 5.74) is 15.2. The van der Waals surface area contributed by atoms with Gasteiger partial charge in [-0.25, -0.2) is 0 Å². The third kappa shape index (κ3) is 3.45. The normalized spacial score (nSPS) is 13.5. The molecule has 0 unspecified atom stereocenters. The fourth-order valence-corrected chi connectivity index (χ4v) is 8.96. The highest BCUT2D eigenvalue weighted by molar-refractivity contribution is 6.21. The van der Waals surface area contributed by atoms with Crippen molar-refractivity contribution in [3.63, 3.8) is 0 Å². The molecule has 2 aliphatic rings. The van der Waals surface area contributed by atoms with Gasteiger partial charge in [0.15, 0.2) is 5.58 Å². The van der Waals surface area contributed by atoms with Gasteiger partial charge in [-0.3, -0.25) is 0 Å². The lowest BCUT2D eigenvalue weighted by molar-refractivity contribution is 0.669. The maximum Gasteiger partial charge on any atom is 0.159 e. The van der Waals surface area contributed by atoms with Gasteiger partial charge in [0, 0.05) is 22.1 Å². The van der Waals surface area contributed by atoms with E-state index >= 15 is 0 Å². The van der Waals surface area contributed by atoms with Crippen molar-refractivity contribution in [2.24, 2.45) is 0 Å². The first-order chi connectivity index (χ1) is 24.3. The van der Waals surface area contributed by atoms with E-state index in [1.165, 1.54) is 55.3 Å². The van der Waals surface area contributed by atoms with Crippen LogP contribution in [0.25, 0.3) is 55.0 Å². The first kappa shape index (κ1) is 26.7. The van der Waals surface area contributed by atoms with Crippen molar-refractivity contribution in [3.8, 4) is 22.3 Å². The average Bonchev–Trinajstić information content (AvgIpc) is 3.80. The lowest BCUT2D eigenvalue weighted by atomic mass is 9.70. The van der Waals surface area contributed by atoms with Crippen LogP contribution >= 0.6 is 0 Å². The molecule has 1 aromatic heterocycles. The molecule has 1 spiro atoms. The zero-order valence-electron chi connectivity index (χ0n) is 26.6. The van der Waals surface area contributed by atoms with Gasteiger partial charge in [0.05, 0.1) is 11.1 Å². The lowest BCUT2D eigenvalue weighted by Gasteiger charge is -2.31.